The standard InChI is InChI=1S/C8H7BrFNO2/c9-4-7(13)11-5-2-1-3-6(12)8(5)10/h1-3,12H,4H2,(H,11,13). The van der Waals surface area contributed by atoms with E-state index < -0.39 is 11.6 Å². The number of carbonyl (C=O) groups excluding carboxylic acids is 1. The van der Waals surface area contributed by atoms with Gasteiger partial charge in [0.25, 0.3) is 0 Å². The molecule has 1 aromatic carbocycles. The number of halogens is 2. The molecule has 0 atom stereocenters. The minimum absolute atomic E-state index is 0.0237. The molecule has 0 heterocycles. The van der Waals surface area contributed by atoms with Crippen LogP contribution in [0.25, 0.3) is 0 Å². The van der Waals surface area contributed by atoms with E-state index in [1.807, 2.05) is 0 Å². The predicted octanol–water partition coefficient (Wildman–Crippen LogP) is 1.86. The van der Waals surface area contributed by atoms with Crippen LogP contribution >= 0.6 is 15.9 Å². The fourth-order valence-corrected chi connectivity index (χ4v) is 0.940. The lowest BCUT2D eigenvalue weighted by Crippen LogP contribution is -2.13. The van der Waals surface area contributed by atoms with Crippen LogP contribution in [0.4, 0.5) is 10.1 Å². The zero-order valence-electron chi connectivity index (χ0n) is 6.55. The molecular weight excluding hydrogens is 241 g/mol. The van der Waals surface area contributed by atoms with Crippen molar-refractivity contribution in [2.45, 2.75) is 0 Å². The molecule has 0 aliphatic rings. The zero-order chi connectivity index (χ0) is 9.84. The molecule has 1 aromatic rings. The fourth-order valence-electron chi connectivity index (χ4n) is 0.800. The van der Waals surface area contributed by atoms with Crippen LogP contribution in [0, 0.1) is 5.82 Å². The summed E-state index contributed by atoms with van der Waals surface area (Å²) in [6.45, 7) is 0. The number of hydrogen-bond donors (Lipinski definition) is 2. The summed E-state index contributed by atoms with van der Waals surface area (Å²) in [6, 6.07) is 4.02. The summed E-state index contributed by atoms with van der Waals surface area (Å²) < 4.78 is 13.0. The van der Waals surface area contributed by atoms with Gasteiger partial charge in [0.2, 0.25) is 5.91 Å². The molecule has 0 aliphatic heterocycles. The number of phenols is 1. The number of amides is 1. The maximum Gasteiger partial charge on any atom is 0.235 e. The van der Waals surface area contributed by atoms with E-state index in [4.69, 9.17) is 5.11 Å². The Bertz CT molecular complexity index is 330. The number of alkyl halides is 1. The van der Waals surface area contributed by atoms with Crippen molar-refractivity contribution in [3.8, 4) is 5.75 Å². The largest absolute Gasteiger partial charge is 0.505 e. The first kappa shape index (κ1) is 9.98. The lowest BCUT2D eigenvalue weighted by molar-refractivity contribution is -0.113. The topological polar surface area (TPSA) is 49.3 Å². The van der Waals surface area contributed by atoms with Gasteiger partial charge in [-0.15, -0.1) is 0 Å². The second-order valence-corrected chi connectivity index (χ2v) is 2.88. The molecule has 0 saturated carbocycles. The highest BCUT2D eigenvalue weighted by atomic mass is 79.9. The number of rotatable bonds is 2. The predicted molar refractivity (Wildman–Crippen MR) is 50.5 cm³/mol. The third-order valence-electron chi connectivity index (χ3n) is 1.37. The molecule has 0 saturated heterocycles. The van der Waals surface area contributed by atoms with Crippen molar-refractivity contribution in [1.29, 1.82) is 0 Å². The summed E-state index contributed by atoms with van der Waals surface area (Å²) in [5.74, 6) is -1.67. The van der Waals surface area contributed by atoms with Crippen LogP contribution in [-0.2, 0) is 4.79 Å². The highest BCUT2D eigenvalue weighted by molar-refractivity contribution is 9.09. The van der Waals surface area contributed by atoms with Gasteiger partial charge in [-0.1, -0.05) is 22.0 Å². The summed E-state index contributed by atoms with van der Waals surface area (Å²) in [5.41, 5.74) is -0.0237. The Morgan fingerprint density at radius 1 is 1.62 bits per heavy atom. The number of benzene rings is 1. The van der Waals surface area contributed by atoms with Crippen molar-refractivity contribution in [2.24, 2.45) is 0 Å². The van der Waals surface area contributed by atoms with Gasteiger partial charge in [0.15, 0.2) is 11.6 Å². The van der Waals surface area contributed by atoms with Crippen molar-refractivity contribution >= 4 is 27.5 Å². The SMILES string of the molecule is O=C(CBr)Nc1cccc(O)c1F. The van der Waals surface area contributed by atoms with Crippen LogP contribution < -0.4 is 5.32 Å². The lowest BCUT2D eigenvalue weighted by atomic mass is 10.3. The first-order valence-corrected chi connectivity index (χ1v) is 4.60. The highest BCUT2D eigenvalue weighted by Crippen LogP contribution is 2.22. The molecule has 2 N–H and O–H groups in total. The summed E-state index contributed by atoms with van der Waals surface area (Å²) in [4.78, 5) is 10.8. The molecule has 0 aromatic heterocycles. The van der Waals surface area contributed by atoms with Gasteiger partial charge >= 0.3 is 0 Å². The zero-order valence-corrected chi connectivity index (χ0v) is 8.14. The Morgan fingerprint density at radius 2 is 2.31 bits per heavy atom. The summed E-state index contributed by atoms with van der Waals surface area (Å²) in [6.07, 6.45) is 0. The van der Waals surface area contributed by atoms with Gasteiger partial charge in [-0.2, -0.15) is 0 Å². The van der Waals surface area contributed by atoms with E-state index in [9.17, 15) is 9.18 Å². The lowest BCUT2D eigenvalue weighted by Gasteiger charge is -2.04. The average Bonchev–Trinajstić information content (AvgIpc) is 2.13. The van der Waals surface area contributed by atoms with Gasteiger partial charge in [0, 0.05) is 0 Å². The molecule has 3 nitrogen and oxygen atoms in total. The Labute approximate surface area is 82.7 Å². The Morgan fingerprint density at radius 3 is 2.92 bits per heavy atom. The van der Waals surface area contributed by atoms with Gasteiger partial charge < -0.3 is 10.4 Å². The molecule has 5 heteroatoms. The summed E-state index contributed by atoms with van der Waals surface area (Å²) in [7, 11) is 0. The van der Waals surface area contributed by atoms with E-state index >= 15 is 0 Å². The number of nitrogens with one attached hydrogen (secondary N) is 1. The van der Waals surface area contributed by atoms with E-state index in [1.54, 1.807) is 0 Å². The molecule has 1 amide bonds. The van der Waals surface area contributed by atoms with Crippen LogP contribution in [0.3, 0.4) is 0 Å². The monoisotopic (exact) mass is 247 g/mol. The van der Waals surface area contributed by atoms with Crippen LogP contribution in [0.5, 0.6) is 5.75 Å². The van der Waals surface area contributed by atoms with Crippen LogP contribution in [0.15, 0.2) is 18.2 Å². The maximum absolute atomic E-state index is 13.0. The van der Waals surface area contributed by atoms with Crippen molar-refractivity contribution in [3.05, 3.63) is 24.0 Å². The third kappa shape index (κ3) is 2.42. The van der Waals surface area contributed by atoms with Gasteiger partial charge in [-0.25, -0.2) is 4.39 Å². The molecule has 1 rings (SSSR count). The first-order chi connectivity index (χ1) is 6.15. The first-order valence-electron chi connectivity index (χ1n) is 3.48. The molecule has 0 bridgehead atoms. The molecule has 0 unspecified atom stereocenters. The molecule has 0 spiro atoms. The highest BCUT2D eigenvalue weighted by Gasteiger charge is 2.08. The van der Waals surface area contributed by atoms with Crippen LogP contribution in [-0.4, -0.2) is 16.3 Å². The molecule has 0 fully saturated rings. The molecule has 13 heavy (non-hydrogen) atoms. The number of phenolic OH excluding ortho intramolecular Hbond substituents is 1. The van der Waals surface area contributed by atoms with E-state index in [2.05, 4.69) is 21.2 Å². The fraction of sp³-hybridized carbons (Fsp3) is 0.125. The second kappa shape index (κ2) is 4.23. The van der Waals surface area contributed by atoms with Gasteiger partial charge in [-0.3, -0.25) is 4.79 Å². The Balaban J connectivity index is 2.89. The van der Waals surface area contributed by atoms with Crippen molar-refractivity contribution in [1.82, 2.24) is 0 Å². The molecule has 0 radical (unpaired) electrons. The van der Waals surface area contributed by atoms with Crippen molar-refractivity contribution in [3.63, 3.8) is 0 Å². The maximum atomic E-state index is 13.0. The Kier molecular flexibility index (Phi) is 3.25. The number of carbonyl (C=O) groups is 1. The molecular formula is C8H7BrFNO2. The third-order valence-corrected chi connectivity index (χ3v) is 1.88. The normalized spacial score (nSPS) is 9.69. The summed E-state index contributed by atoms with van der Waals surface area (Å²) >= 11 is 2.92. The van der Waals surface area contributed by atoms with Crippen molar-refractivity contribution in [2.75, 3.05) is 10.6 Å². The van der Waals surface area contributed by atoms with E-state index in [1.165, 1.54) is 18.2 Å². The molecule has 70 valence electrons. The number of hydrogen-bond acceptors (Lipinski definition) is 2. The smallest absolute Gasteiger partial charge is 0.235 e. The number of aromatic hydroxyl groups is 1. The van der Waals surface area contributed by atoms with Gasteiger partial charge in [0.1, 0.15) is 0 Å². The van der Waals surface area contributed by atoms with Crippen molar-refractivity contribution < 1.29 is 14.3 Å². The minimum atomic E-state index is -0.822. The molecule has 0 aliphatic carbocycles. The average molecular weight is 248 g/mol. The summed E-state index contributed by atoms with van der Waals surface area (Å²) in [5, 5.41) is 11.3. The van der Waals surface area contributed by atoms with E-state index in [-0.39, 0.29) is 16.9 Å². The quantitative estimate of drug-likeness (QED) is 0.785. The minimum Gasteiger partial charge on any atom is -0.505 e. The Hall–Kier alpha value is -1.10. The second-order valence-electron chi connectivity index (χ2n) is 2.32. The van der Waals surface area contributed by atoms with E-state index in [0.717, 1.165) is 0 Å². The number of anilines is 1. The van der Waals surface area contributed by atoms with Crippen LogP contribution in [0.2, 0.25) is 0 Å². The van der Waals surface area contributed by atoms with Gasteiger partial charge in [-0.05, 0) is 12.1 Å². The van der Waals surface area contributed by atoms with E-state index in [0.29, 0.717) is 0 Å². The van der Waals surface area contributed by atoms with Gasteiger partial charge in [0.05, 0.1) is 11.0 Å². The van der Waals surface area contributed by atoms with Crippen LogP contribution in [0.1, 0.15) is 0 Å².